The van der Waals surface area contributed by atoms with Gasteiger partial charge < -0.3 is 29.0 Å². The van der Waals surface area contributed by atoms with Gasteiger partial charge in [-0.15, -0.1) is 0 Å². The van der Waals surface area contributed by atoms with Gasteiger partial charge in [0.1, 0.15) is 23.0 Å². The number of methoxy groups -OCH3 is 3. The van der Waals surface area contributed by atoms with E-state index in [1.54, 1.807) is 50.6 Å². The molecule has 9 nitrogen and oxygen atoms in total. The van der Waals surface area contributed by atoms with E-state index >= 15 is 0 Å². The van der Waals surface area contributed by atoms with Gasteiger partial charge in [-0.25, -0.2) is 0 Å². The Morgan fingerprint density at radius 2 is 1.68 bits per heavy atom. The van der Waals surface area contributed by atoms with Crippen LogP contribution >= 0.6 is 0 Å². The molecule has 0 unspecified atom stereocenters. The van der Waals surface area contributed by atoms with E-state index in [1.807, 2.05) is 6.92 Å². The van der Waals surface area contributed by atoms with Crippen LogP contribution in [0.4, 0.5) is 0 Å². The number of likely N-dealkylation sites (tertiary alicyclic amines) is 1. The third-order valence-electron chi connectivity index (χ3n) is 6.92. The molecule has 2 aliphatic heterocycles. The van der Waals surface area contributed by atoms with Crippen molar-refractivity contribution >= 4 is 17.4 Å². The second kappa shape index (κ2) is 11.7. The Bertz CT molecular complexity index is 1190. The Morgan fingerprint density at radius 1 is 0.973 bits per heavy atom. The topological polar surface area (TPSA) is 97.8 Å². The van der Waals surface area contributed by atoms with E-state index in [0.717, 1.165) is 25.2 Å². The van der Waals surface area contributed by atoms with Gasteiger partial charge in [-0.3, -0.25) is 14.5 Å². The van der Waals surface area contributed by atoms with E-state index in [-0.39, 0.29) is 11.3 Å². The smallest absolute Gasteiger partial charge is 0.295 e. The number of morpholine rings is 1. The number of aryl methyl sites for hydroxylation is 1. The van der Waals surface area contributed by atoms with Crippen LogP contribution in [-0.2, 0) is 14.3 Å². The molecule has 198 valence electrons. The van der Waals surface area contributed by atoms with Crippen LogP contribution < -0.4 is 14.2 Å². The molecule has 0 spiro atoms. The minimum Gasteiger partial charge on any atom is -0.507 e. The first-order chi connectivity index (χ1) is 17.9. The fourth-order valence-corrected chi connectivity index (χ4v) is 4.96. The quantitative estimate of drug-likeness (QED) is 0.312. The van der Waals surface area contributed by atoms with Gasteiger partial charge in [0.15, 0.2) is 0 Å². The summed E-state index contributed by atoms with van der Waals surface area (Å²) in [5.41, 5.74) is 1.81. The second-order valence-electron chi connectivity index (χ2n) is 9.09. The molecule has 2 aliphatic rings. The SMILES string of the molecule is COc1ccc(OC)c([C@@H]2C(=C(O)c3ccc(OC)c(C)c3)C(=O)C(=O)N2CCCN2CCOCC2)c1. The molecule has 9 heteroatoms. The Morgan fingerprint density at radius 3 is 2.32 bits per heavy atom. The summed E-state index contributed by atoms with van der Waals surface area (Å²) in [6.07, 6.45) is 0.664. The predicted octanol–water partition coefficient (Wildman–Crippen LogP) is 3.16. The number of aliphatic hydroxyl groups excluding tert-OH is 1. The predicted molar refractivity (Wildman–Crippen MR) is 138 cm³/mol. The zero-order valence-corrected chi connectivity index (χ0v) is 21.8. The number of carbonyl (C=O) groups is 2. The van der Waals surface area contributed by atoms with Gasteiger partial charge in [0.2, 0.25) is 0 Å². The molecule has 1 atom stereocenters. The van der Waals surface area contributed by atoms with E-state index in [2.05, 4.69) is 4.90 Å². The van der Waals surface area contributed by atoms with Gasteiger partial charge in [-0.1, -0.05) is 0 Å². The third-order valence-corrected chi connectivity index (χ3v) is 6.92. The molecule has 0 aromatic heterocycles. The van der Waals surface area contributed by atoms with E-state index in [9.17, 15) is 14.7 Å². The van der Waals surface area contributed by atoms with Crippen molar-refractivity contribution in [3.63, 3.8) is 0 Å². The van der Waals surface area contributed by atoms with Crippen molar-refractivity contribution in [2.24, 2.45) is 0 Å². The van der Waals surface area contributed by atoms with Gasteiger partial charge in [0, 0.05) is 37.3 Å². The molecule has 2 aromatic carbocycles. The summed E-state index contributed by atoms with van der Waals surface area (Å²) in [4.78, 5) is 30.6. The second-order valence-corrected chi connectivity index (χ2v) is 9.09. The molecule has 2 aromatic rings. The van der Waals surface area contributed by atoms with Crippen molar-refractivity contribution in [3.05, 3.63) is 58.7 Å². The lowest BCUT2D eigenvalue weighted by Crippen LogP contribution is -2.39. The maximum atomic E-state index is 13.4. The number of Topliss-reactive ketones (excluding diaryl/α,β-unsaturated/α-hetero) is 1. The van der Waals surface area contributed by atoms with Gasteiger partial charge in [-0.2, -0.15) is 0 Å². The first-order valence-electron chi connectivity index (χ1n) is 12.3. The molecule has 0 aliphatic carbocycles. The number of hydrogen-bond donors (Lipinski definition) is 1. The van der Waals surface area contributed by atoms with Gasteiger partial charge in [0.05, 0.1) is 46.2 Å². The van der Waals surface area contributed by atoms with Crippen LogP contribution in [0.1, 0.15) is 29.2 Å². The average Bonchev–Trinajstić information content (AvgIpc) is 3.17. The maximum absolute atomic E-state index is 13.4. The van der Waals surface area contributed by atoms with Crippen molar-refractivity contribution in [1.82, 2.24) is 9.80 Å². The van der Waals surface area contributed by atoms with Gasteiger partial charge in [0.25, 0.3) is 11.7 Å². The molecular formula is C28H34N2O7. The van der Waals surface area contributed by atoms with Crippen LogP contribution in [0, 0.1) is 6.92 Å². The lowest BCUT2D eigenvalue weighted by molar-refractivity contribution is -0.140. The first kappa shape index (κ1) is 26.5. The van der Waals surface area contributed by atoms with Crippen LogP contribution in [0.25, 0.3) is 5.76 Å². The molecule has 2 fully saturated rings. The fraction of sp³-hybridized carbons (Fsp3) is 0.429. The number of benzene rings is 2. The zero-order chi connectivity index (χ0) is 26.5. The number of aliphatic hydroxyl groups is 1. The van der Waals surface area contributed by atoms with E-state index in [1.165, 1.54) is 12.0 Å². The van der Waals surface area contributed by atoms with E-state index in [4.69, 9.17) is 18.9 Å². The number of rotatable bonds is 9. The monoisotopic (exact) mass is 510 g/mol. The molecule has 1 amide bonds. The van der Waals surface area contributed by atoms with Crippen molar-refractivity contribution in [2.45, 2.75) is 19.4 Å². The van der Waals surface area contributed by atoms with Crippen LogP contribution in [0.5, 0.6) is 17.2 Å². The van der Waals surface area contributed by atoms with E-state index in [0.29, 0.717) is 54.6 Å². The molecule has 2 heterocycles. The number of nitrogens with zero attached hydrogens (tertiary/aromatic N) is 2. The van der Waals surface area contributed by atoms with Crippen LogP contribution in [0.15, 0.2) is 42.0 Å². The number of ether oxygens (including phenoxy) is 4. The summed E-state index contributed by atoms with van der Waals surface area (Å²) in [6.45, 7) is 6.00. The highest BCUT2D eigenvalue weighted by Gasteiger charge is 2.47. The minimum absolute atomic E-state index is 0.0208. The van der Waals surface area contributed by atoms with Gasteiger partial charge >= 0.3 is 0 Å². The maximum Gasteiger partial charge on any atom is 0.295 e. The summed E-state index contributed by atoms with van der Waals surface area (Å²) >= 11 is 0. The normalized spacial score (nSPS) is 19.8. The molecule has 4 rings (SSSR count). The number of carbonyl (C=O) groups excluding carboxylic acids is 2. The fourth-order valence-electron chi connectivity index (χ4n) is 4.96. The molecule has 2 saturated heterocycles. The molecular weight excluding hydrogens is 476 g/mol. The molecule has 37 heavy (non-hydrogen) atoms. The number of amides is 1. The van der Waals surface area contributed by atoms with Crippen LogP contribution in [-0.4, -0.2) is 87.3 Å². The summed E-state index contributed by atoms with van der Waals surface area (Å²) < 4.78 is 21.8. The van der Waals surface area contributed by atoms with Crippen molar-refractivity contribution in [3.8, 4) is 17.2 Å². The Labute approximate surface area is 217 Å². The molecule has 0 saturated carbocycles. The minimum atomic E-state index is -0.836. The molecule has 1 N–H and O–H groups in total. The summed E-state index contributed by atoms with van der Waals surface area (Å²) in [5.74, 6) is 0.0781. The van der Waals surface area contributed by atoms with Gasteiger partial charge in [-0.05, 0) is 55.3 Å². The van der Waals surface area contributed by atoms with Crippen molar-refractivity contribution < 1.29 is 33.6 Å². The van der Waals surface area contributed by atoms with Crippen LogP contribution in [0.3, 0.4) is 0 Å². The lowest BCUT2D eigenvalue weighted by Gasteiger charge is -2.29. The summed E-state index contributed by atoms with van der Waals surface area (Å²) in [5, 5.41) is 11.4. The highest BCUT2D eigenvalue weighted by atomic mass is 16.5. The largest absolute Gasteiger partial charge is 0.507 e. The highest BCUT2D eigenvalue weighted by molar-refractivity contribution is 6.46. The Kier molecular flexibility index (Phi) is 8.35. The summed E-state index contributed by atoms with van der Waals surface area (Å²) in [7, 11) is 4.65. The lowest BCUT2D eigenvalue weighted by atomic mass is 9.94. The van der Waals surface area contributed by atoms with Crippen molar-refractivity contribution in [2.75, 3.05) is 60.7 Å². The number of ketones is 1. The molecule has 0 bridgehead atoms. The van der Waals surface area contributed by atoms with E-state index < -0.39 is 17.7 Å². The third kappa shape index (κ3) is 5.42. The standard InChI is InChI=1S/C28H34N2O7/c1-18-16-19(6-8-22(18)35-3)26(31)24-25(21-17-20(34-2)7-9-23(21)36-4)30(28(33)27(24)32)11-5-10-29-12-14-37-15-13-29/h6-9,16-17,25,31H,5,10-15H2,1-4H3/t25-/m1/s1. The average molecular weight is 511 g/mol. The van der Waals surface area contributed by atoms with Crippen molar-refractivity contribution in [1.29, 1.82) is 0 Å². The zero-order valence-electron chi connectivity index (χ0n) is 21.8. The Hall–Kier alpha value is -3.56. The first-order valence-corrected chi connectivity index (χ1v) is 12.3. The molecule has 0 radical (unpaired) electrons. The highest BCUT2D eigenvalue weighted by Crippen LogP contribution is 2.44. The Balaban J connectivity index is 1.77. The summed E-state index contributed by atoms with van der Waals surface area (Å²) in [6, 6.07) is 9.53. The number of hydrogen-bond acceptors (Lipinski definition) is 8. The van der Waals surface area contributed by atoms with Crippen LogP contribution in [0.2, 0.25) is 0 Å².